The highest BCUT2D eigenvalue weighted by atomic mass is 32.2. The Morgan fingerprint density at radius 1 is 1.31 bits per heavy atom. The monoisotopic (exact) mass is 239 g/mol. The van der Waals surface area contributed by atoms with Gasteiger partial charge in [-0.15, -0.1) is 11.8 Å². The van der Waals surface area contributed by atoms with Crippen LogP contribution in [0.15, 0.2) is 29.2 Å². The Morgan fingerprint density at radius 3 is 2.44 bits per heavy atom. The van der Waals surface area contributed by atoms with Crippen molar-refractivity contribution >= 4 is 23.6 Å². The quantitative estimate of drug-likeness (QED) is 0.766. The standard InChI is InChI=1S/C11H13NO3S/c1-12-10(13)6-7-16-9-4-2-8(3-5-9)11(14)15/h2-5H,6-7H2,1H3,(H,12,13)(H,14,15). The second-order valence-electron chi connectivity index (χ2n) is 3.10. The summed E-state index contributed by atoms with van der Waals surface area (Å²) in [5.74, 6) is -0.233. The van der Waals surface area contributed by atoms with Gasteiger partial charge in [-0.1, -0.05) is 0 Å². The van der Waals surface area contributed by atoms with E-state index in [-0.39, 0.29) is 11.5 Å². The third kappa shape index (κ3) is 3.94. The first kappa shape index (κ1) is 12.6. The van der Waals surface area contributed by atoms with Crippen molar-refractivity contribution in [3.05, 3.63) is 29.8 Å². The molecule has 1 amide bonds. The molecule has 1 aromatic carbocycles. The summed E-state index contributed by atoms with van der Waals surface area (Å²) in [7, 11) is 1.61. The average Bonchev–Trinajstić information content (AvgIpc) is 2.29. The van der Waals surface area contributed by atoms with Crippen LogP contribution in [0.5, 0.6) is 0 Å². The third-order valence-corrected chi connectivity index (χ3v) is 2.99. The van der Waals surface area contributed by atoms with E-state index < -0.39 is 5.97 Å². The number of nitrogens with one attached hydrogen (secondary N) is 1. The van der Waals surface area contributed by atoms with E-state index in [0.29, 0.717) is 12.2 Å². The minimum Gasteiger partial charge on any atom is -0.478 e. The molecule has 0 heterocycles. The zero-order chi connectivity index (χ0) is 12.0. The lowest BCUT2D eigenvalue weighted by Gasteiger charge is -2.01. The van der Waals surface area contributed by atoms with Crippen LogP contribution in [0.1, 0.15) is 16.8 Å². The van der Waals surface area contributed by atoms with Gasteiger partial charge < -0.3 is 10.4 Å². The molecule has 5 heteroatoms. The summed E-state index contributed by atoms with van der Waals surface area (Å²) in [6.07, 6.45) is 0.460. The lowest BCUT2D eigenvalue weighted by Crippen LogP contribution is -2.17. The minimum absolute atomic E-state index is 0.00894. The molecular weight excluding hydrogens is 226 g/mol. The van der Waals surface area contributed by atoms with Crippen LogP contribution in [-0.4, -0.2) is 29.8 Å². The SMILES string of the molecule is CNC(=O)CCSc1ccc(C(=O)O)cc1. The number of aromatic carboxylic acids is 1. The van der Waals surface area contributed by atoms with Crippen LogP contribution < -0.4 is 5.32 Å². The Hall–Kier alpha value is -1.49. The molecule has 0 atom stereocenters. The first-order valence-electron chi connectivity index (χ1n) is 4.80. The third-order valence-electron chi connectivity index (χ3n) is 1.98. The second kappa shape index (κ2) is 6.17. The zero-order valence-corrected chi connectivity index (χ0v) is 9.71. The van der Waals surface area contributed by atoms with Gasteiger partial charge in [-0.05, 0) is 24.3 Å². The molecule has 0 saturated heterocycles. The topological polar surface area (TPSA) is 66.4 Å². The van der Waals surface area contributed by atoms with Crippen LogP contribution in [0, 0.1) is 0 Å². The molecule has 1 rings (SSSR count). The lowest BCUT2D eigenvalue weighted by molar-refractivity contribution is -0.120. The van der Waals surface area contributed by atoms with E-state index in [0.717, 1.165) is 4.90 Å². The molecule has 0 spiro atoms. The number of carboxylic acids is 1. The van der Waals surface area contributed by atoms with Crippen LogP contribution in [0.3, 0.4) is 0 Å². The Bertz CT molecular complexity index is 375. The van der Waals surface area contributed by atoms with Gasteiger partial charge in [0, 0.05) is 24.1 Å². The molecule has 0 aliphatic carbocycles. The van der Waals surface area contributed by atoms with E-state index in [4.69, 9.17) is 5.11 Å². The van der Waals surface area contributed by atoms with E-state index >= 15 is 0 Å². The van der Waals surface area contributed by atoms with Crippen molar-refractivity contribution < 1.29 is 14.7 Å². The number of hydrogen-bond acceptors (Lipinski definition) is 3. The Balaban J connectivity index is 2.43. The predicted octanol–water partition coefficient (Wildman–Crippen LogP) is 1.61. The van der Waals surface area contributed by atoms with Gasteiger partial charge in [-0.2, -0.15) is 0 Å². The second-order valence-corrected chi connectivity index (χ2v) is 4.27. The van der Waals surface area contributed by atoms with Gasteiger partial charge in [0.2, 0.25) is 5.91 Å². The van der Waals surface area contributed by atoms with E-state index in [9.17, 15) is 9.59 Å². The molecule has 0 aliphatic rings. The summed E-state index contributed by atoms with van der Waals surface area (Å²) in [6, 6.07) is 6.62. The highest BCUT2D eigenvalue weighted by Gasteiger charge is 2.02. The Labute approximate surface area is 98.0 Å². The van der Waals surface area contributed by atoms with Crippen molar-refractivity contribution in [2.45, 2.75) is 11.3 Å². The number of rotatable bonds is 5. The Morgan fingerprint density at radius 2 is 1.94 bits per heavy atom. The number of amides is 1. The predicted molar refractivity (Wildman–Crippen MR) is 62.8 cm³/mol. The molecule has 0 aromatic heterocycles. The molecule has 1 aromatic rings. The molecule has 0 unspecified atom stereocenters. The van der Waals surface area contributed by atoms with Crippen LogP contribution >= 0.6 is 11.8 Å². The number of hydrogen-bond donors (Lipinski definition) is 2. The van der Waals surface area contributed by atoms with Crippen molar-refractivity contribution in [1.82, 2.24) is 5.32 Å². The molecule has 0 bridgehead atoms. The van der Waals surface area contributed by atoms with Gasteiger partial charge in [0.15, 0.2) is 0 Å². The number of thioether (sulfide) groups is 1. The van der Waals surface area contributed by atoms with Crippen molar-refractivity contribution in [2.24, 2.45) is 0 Å². The van der Waals surface area contributed by atoms with E-state index in [1.54, 1.807) is 31.3 Å². The number of carbonyl (C=O) groups excluding carboxylic acids is 1. The number of benzene rings is 1. The molecule has 0 radical (unpaired) electrons. The fourth-order valence-electron chi connectivity index (χ4n) is 1.08. The van der Waals surface area contributed by atoms with Gasteiger partial charge in [0.1, 0.15) is 0 Å². The summed E-state index contributed by atoms with van der Waals surface area (Å²) in [5.41, 5.74) is 0.274. The molecule has 16 heavy (non-hydrogen) atoms. The summed E-state index contributed by atoms with van der Waals surface area (Å²) in [5, 5.41) is 11.2. The molecule has 2 N–H and O–H groups in total. The van der Waals surface area contributed by atoms with Crippen LogP contribution in [0.2, 0.25) is 0 Å². The van der Waals surface area contributed by atoms with Gasteiger partial charge >= 0.3 is 5.97 Å². The summed E-state index contributed by atoms with van der Waals surface area (Å²) in [6.45, 7) is 0. The molecule has 4 nitrogen and oxygen atoms in total. The van der Waals surface area contributed by atoms with Crippen molar-refractivity contribution in [3.63, 3.8) is 0 Å². The first-order valence-corrected chi connectivity index (χ1v) is 5.79. The van der Waals surface area contributed by atoms with E-state index in [1.807, 2.05) is 0 Å². The van der Waals surface area contributed by atoms with Gasteiger partial charge in [0.25, 0.3) is 0 Å². The molecular formula is C11H13NO3S. The molecule has 86 valence electrons. The highest BCUT2D eigenvalue weighted by Crippen LogP contribution is 2.19. The maximum atomic E-state index is 10.9. The van der Waals surface area contributed by atoms with Crippen molar-refractivity contribution in [1.29, 1.82) is 0 Å². The lowest BCUT2D eigenvalue weighted by atomic mass is 10.2. The average molecular weight is 239 g/mol. The fourth-order valence-corrected chi connectivity index (χ4v) is 1.93. The summed E-state index contributed by atoms with van der Waals surface area (Å²) in [4.78, 5) is 22.5. The maximum absolute atomic E-state index is 10.9. The van der Waals surface area contributed by atoms with Gasteiger partial charge in [-0.3, -0.25) is 4.79 Å². The normalized spacial score (nSPS) is 9.81. The minimum atomic E-state index is -0.929. The Kier molecular flexibility index (Phi) is 4.85. The fraction of sp³-hybridized carbons (Fsp3) is 0.273. The van der Waals surface area contributed by atoms with Crippen molar-refractivity contribution in [3.8, 4) is 0 Å². The zero-order valence-electron chi connectivity index (χ0n) is 8.90. The van der Waals surface area contributed by atoms with Crippen LogP contribution in [0.25, 0.3) is 0 Å². The van der Waals surface area contributed by atoms with Gasteiger partial charge in [-0.25, -0.2) is 4.79 Å². The largest absolute Gasteiger partial charge is 0.478 e. The number of carbonyl (C=O) groups is 2. The highest BCUT2D eigenvalue weighted by molar-refractivity contribution is 7.99. The first-order chi connectivity index (χ1) is 7.63. The van der Waals surface area contributed by atoms with E-state index in [1.165, 1.54) is 11.8 Å². The van der Waals surface area contributed by atoms with Crippen LogP contribution in [0.4, 0.5) is 0 Å². The number of carboxylic acid groups (broad SMARTS) is 1. The summed E-state index contributed by atoms with van der Waals surface area (Å²) >= 11 is 1.53. The molecule has 0 aliphatic heterocycles. The molecule has 0 fully saturated rings. The maximum Gasteiger partial charge on any atom is 0.335 e. The van der Waals surface area contributed by atoms with E-state index in [2.05, 4.69) is 5.32 Å². The van der Waals surface area contributed by atoms with Crippen LogP contribution in [-0.2, 0) is 4.79 Å². The van der Waals surface area contributed by atoms with Crippen molar-refractivity contribution in [2.75, 3.05) is 12.8 Å². The smallest absolute Gasteiger partial charge is 0.335 e. The molecule has 0 saturated carbocycles. The van der Waals surface area contributed by atoms with Gasteiger partial charge in [0.05, 0.1) is 5.56 Å². The summed E-state index contributed by atoms with van der Waals surface area (Å²) < 4.78 is 0.